The normalized spacial score (nSPS) is 11.0. The lowest BCUT2D eigenvalue weighted by Gasteiger charge is -2.08. The van der Waals surface area contributed by atoms with E-state index in [-0.39, 0.29) is 5.91 Å². The van der Waals surface area contributed by atoms with Gasteiger partial charge in [-0.1, -0.05) is 23.9 Å². The second kappa shape index (κ2) is 7.88. The third-order valence-corrected chi connectivity index (χ3v) is 5.16. The molecule has 0 bridgehead atoms. The zero-order valence-corrected chi connectivity index (χ0v) is 16.6. The molecule has 0 aliphatic carbocycles. The summed E-state index contributed by atoms with van der Waals surface area (Å²) in [6, 6.07) is 14.6. The summed E-state index contributed by atoms with van der Waals surface area (Å²) in [4.78, 5) is 23.3. The summed E-state index contributed by atoms with van der Waals surface area (Å²) < 4.78 is 6.97. The smallest absolute Gasteiger partial charge is 0.336 e. The van der Waals surface area contributed by atoms with Crippen molar-refractivity contribution in [3.05, 3.63) is 70.1 Å². The molecule has 146 valence electrons. The summed E-state index contributed by atoms with van der Waals surface area (Å²) in [5.41, 5.74) is 3.31. The summed E-state index contributed by atoms with van der Waals surface area (Å²) in [6.45, 7) is 3.43. The highest BCUT2D eigenvalue weighted by atomic mass is 32.2. The van der Waals surface area contributed by atoms with Crippen LogP contribution in [0.3, 0.4) is 0 Å². The van der Waals surface area contributed by atoms with E-state index in [1.165, 1.54) is 24.8 Å². The Morgan fingerprint density at radius 3 is 2.86 bits per heavy atom. The third-order valence-electron chi connectivity index (χ3n) is 4.19. The maximum Gasteiger partial charge on any atom is 0.336 e. The van der Waals surface area contributed by atoms with Crippen molar-refractivity contribution in [1.29, 1.82) is 0 Å². The van der Waals surface area contributed by atoms with Gasteiger partial charge in [-0.2, -0.15) is 4.68 Å². The van der Waals surface area contributed by atoms with Crippen LogP contribution in [0.2, 0.25) is 0 Å². The van der Waals surface area contributed by atoms with Gasteiger partial charge in [0.1, 0.15) is 5.58 Å². The van der Waals surface area contributed by atoms with Crippen molar-refractivity contribution in [1.82, 2.24) is 20.2 Å². The molecule has 0 saturated heterocycles. The minimum absolute atomic E-state index is 0.193. The summed E-state index contributed by atoms with van der Waals surface area (Å²) >= 11 is 1.42. The van der Waals surface area contributed by atoms with Gasteiger partial charge < -0.3 is 9.73 Å². The van der Waals surface area contributed by atoms with Crippen LogP contribution in [-0.4, -0.2) is 26.1 Å². The van der Waals surface area contributed by atoms with Gasteiger partial charge in [-0.3, -0.25) is 4.79 Å². The van der Waals surface area contributed by atoms with Crippen molar-refractivity contribution in [2.45, 2.75) is 24.8 Å². The van der Waals surface area contributed by atoms with E-state index in [2.05, 4.69) is 20.8 Å². The summed E-state index contributed by atoms with van der Waals surface area (Å²) in [6.07, 6.45) is 0. The van der Waals surface area contributed by atoms with Gasteiger partial charge in [-0.05, 0) is 52.7 Å². The van der Waals surface area contributed by atoms with E-state index < -0.39 is 5.63 Å². The molecule has 0 radical (unpaired) electrons. The zero-order valence-electron chi connectivity index (χ0n) is 15.7. The molecule has 0 fully saturated rings. The van der Waals surface area contributed by atoms with Crippen LogP contribution in [0, 0.1) is 6.92 Å². The van der Waals surface area contributed by atoms with Crippen LogP contribution in [0.4, 0.5) is 5.69 Å². The molecule has 4 aromatic rings. The number of carbonyl (C=O) groups is 1. The highest BCUT2D eigenvalue weighted by Crippen LogP contribution is 2.27. The zero-order chi connectivity index (χ0) is 20.4. The van der Waals surface area contributed by atoms with Crippen LogP contribution in [0.25, 0.3) is 16.7 Å². The molecule has 1 N–H and O–H groups in total. The minimum Gasteiger partial charge on any atom is -0.423 e. The van der Waals surface area contributed by atoms with Crippen LogP contribution < -0.4 is 10.9 Å². The molecular weight excluding hydrogens is 390 g/mol. The number of thioether (sulfide) groups is 1. The number of aryl methyl sites for hydroxylation is 1. The third kappa shape index (κ3) is 4.19. The lowest BCUT2D eigenvalue weighted by atomic mass is 10.1. The fourth-order valence-electron chi connectivity index (χ4n) is 2.96. The van der Waals surface area contributed by atoms with E-state index in [1.807, 2.05) is 37.3 Å². The Hall–Kier alpha value is -3.46. The molecule has 0 unspecified atom stereocenters. The summed E-state index contributed by atoms with van der Waals surface area (Å²) in [5, 5.41) is 16.1. The molecule has 0 aliphatic rings. The Labute approximate surface area is 169 Å². The van der Waals surface area contributed by atoms with Crippen LogP contribution in [-0.2, 0) is 10.5 Å². The van der Waals surface area contributed by atoms with E-state index >= 15 is 0 Å². The number of hydrogen-bond donors (Lipinski definition) is 1. The Morgan fingerprint density at radius 1 is 1.21 bits per heavy atom. The molecule has 4 rings (SSSR count). The largest absolute Gasteiger partial charge is 0.423 e. The van der Waals surface area contributed by atoms with Gasteiger partial charge in [0.15, 0.2) is 0 Å². The average molecular weight is 407 g/mol. The van der Waals surface area contributed by atoms with E-state index in [0.717, 1.165) is 22.2 Å². The lowest BCUT2D eigenvalue weighted by molar-refractivity contribution is -0.114. The fourth-order valence-corrected chi connectivity index (χ4v) is 3.85. The van der Waals surface area contributed by atoms with Crippen LogP contribution in [0.1, 0.15) is 18.1 Å². The van der Waals surface area contributed by atoms with Crippen molar-refractivity contribution in [3.8, 4) is 5.69 Å². The molecule has 0 aliphatic heterocycles. The van der Waals surface area contributed by atoms with Gasteiger partial charge in [0, 0.05) is 35.9 Å². The molecule has 0 atom stereocenters. The van der Waals surface area contributed by atoms with E-state index in [0.29, 0.717) is 22.2 Å². The van der Waals surface area contributed by atoms with Gasteiger partial charge in [-0.15, -0.1) is 5.10 Å². The number of benzene rings is 2. The first-order valence-electron chi connectivity index (χ1n) is 8.82. The predicted molar refractivity (Wildman–Crippen MR) is 110 cm³/mol. The second-order valence-corrected chi connectivity index (χ2v) is 7.43. The van der Waals surface area contributed by atoms with Gasteiger partial charge in [0.2, 0.25) is 11.1 Å². The number of hydrogen-bond acceptors (Lipinski definition) is 7. The molecular formula is C20H17N5O3S. The number of nitrogens with one attached hydrogen (secondary N) is 1. The number of fused-ring (bicyclic) bond motifs is 1. The highest BCUT2D eigenvalue weighted by Gasteiger charge is 2.12. The average Bonchev–Trinajstić information content (AvgIpc) is 3.14. The predicted octanol–water partition coefficient (Wildman–Crippen LogP) is 3.33. The first-order chi connectivity index (χ1) is 14.0. The van der Waals surface area contributed by atoms with E-state index in [4.69, 9.17) is 4.42 Å². The van der Waals surface area contributed by atoms with Crippen molar-refractivity contribution < 1.29 is 9.21 Å². The Balaban J connectivity index is 1.63. The molecule has 9 heteroatoms. The maximum atomic E-state index is 12.0. The van der Waals surface area contributed by atoms with Crippen molar-refractivity contribution >= 4 is 34.3 Å². The molecule has 2 aromatic heterocycles. The van der Waals surface area contributed by atoms with Crippen molar-refractivity contribution in [2.24, 2.45) is 0 Å². The second-order valence-electron chi connectivity index (χ2n) is 6.48. The molecule has 2 heterocycles. The standard InChI is InChI=1S/C20H17N5O3S/c1-12-4-3-5-16(8-12)25-20(22-23-24-25)29-11-14-9-19(27)28-18-10-15(21-13(2)26)6-7-17(14)18/h3-10H,11H2,1-2H3,(H,21,26). The van der Waals surface area contributed by atoms with Gasteiger partial charge in [-0.25, -0.2) is 4.79 Å². The molecule has 0 saturated carbocycles. The van der Waals surface area contributed by atoms with Crippen LogP contribution >= 0.6 is 11.8 Å². The monoisotopic (exact) mass is 407 g/mol. The van der Waals surface area contributed by atoms with Gasteiger partial charge in [0.25, 0.3) is 0 Å². The fraction of sp³-hybridized carbons (Fsp3) is 0.150. The van der Waals surface area contributed by atoms with Crippen molar-refractivity contribution in [3.63, 3.8) is 0 Å². The minimum atomic E-state index is -0.452. The topological polar surface area (TPSA) is 103 Å². The van der Waals surface area contributed by atoms with Gasteiger partial charge >= 0.3 is 5.63 Å². The lowest BCUT2D eigenvalue weighted by Crippen LogP contribution is -2.06. The maximum absolute atomic E-state index is 12.0. The van der Waals surface area contributed by atoms with Crippen LogP contribution in [0.5, 0.6) is 0 Å². The molecule has 8 nitrogen and oxygen atoms in total. The number of rotatable bonds is 5. The summed E-state index contributed by atoms with van der Waals surface area (Å²) in [7, 11) is 0. The van der Waals surface area contributed by atoms with E-state index in [1.54, 1.807) is 16.8 Å². The first-order valence-corrected chi connectivity index (χ1v) is 9.81. The number of nitrogens with zero attached hydrogens (tertiary/aromatic N) is 4. The molecule has 1 amide bonds. The Kier molecular flexibility index (Phi) is 5.13. The number of aromatic nitrogens is 4. The van der Waals surface area contributed by atoms with E-state index in [9.17, 15) is 9.59 Å². The number of anilines is 1. The summed E-state index contributed by atoms with van der Waals surface area (Å²) in [5.74, 6) is 0.287. The number of amides is 1. The molecule has 29 heavy (non-hydrogen) atoms. The van der Waals surface area contributed by atoms with Gasteiger partial charge in [0.05, 0.1) is 5.69 Å². The highest BCUT2D eigenvalue weighted by molar-refractivity contribution is 7.98. The number of carbonyl (C=O) groups excluding carboxylic acids is 1. The SMILES string of the molecule is CC(=O)Nc1ccc2c(CSc3nnnn3-c3cccc(C)c3)cc(=O)oc2c1. The van der Waals surface area contributed by atoms with Crippen molar-refractivity contribution in [2.75, 3.05) is 5.32 Å². The number of tetrazole rings is 1. The first kappa shape index (κ1) is 18.9. The quantitative estimate of drug-likeness (QED) is 0.400. The Bertz CT molecular complexity index is 1260. The molecule has 0 spiro atoms. The van der Waals surface area contributed by atoms with Crippen LogP contribution in [0.15, 0.2) is 62.9 Å². The molecule has 2 aromatic carbocycles. The Morgan fingerprint density at radius 2 is 2.07 bits per heavy atom.